The minimum absolute atomic E-state index is 0.443. The van der Waals surface area contributed by atoms with Crippen LogP contribution in [0.15, 0.2) is 57.6 Å². The number of rotatable bonds is 3. The van der Waals surface area contributed by atoms with Crippen LogP contribution in [0.2, 0.25) is 5.02 Å². The normalized spacial score (nSPS) is 10.9. The number of hydrogen-bond acceptors (Lipinski definition) is 6. The number of hydrogen-bond donors (Lipinski definition) is 0. The maximum atomic E-state index is 5.88. The molecular formula is C17H11ClN4O2. The van der Waals surface area contributed by atoms with Gasteiger partial charge in [0.2, 0.25) is 5.82 Å². The summed E-state index contributed by atoms with van der Waals surface area (Å²) in [6.07, 6.45) is 0. The Morgan fingerprint density at radius 2 is 1.25 bits per heavy atom. The van der Waals surface area contributed by atoms with Crippen molar-refractivity contribution in [2.45, 2.75) is 6.92 Å². The number of aromatic nitrogens is 4. The van der Waals surface area contributed by atoms with Gasteiger partial charge < -0.3 is 9.05 Å². The molecule has 0 aliphatic rings. The highest BCUT2D eigenvalue weighted by Crippen LogP contribution is 2.25. The third-order valence-electron chi connectivity index (χ3n) is 3.43. The Hall–Kier alpha value is -2.99. The lowest BCUT2D eigenvalue weighted by molar-refractivity contribution is 0.425. The highest BCUT2D eigenvalue weighted by molar-refractivity contribution is 6.30. The van der Waals surface area contributed by atoms with Crippen LogP contribution < -0.4 is 0 Å². The first-order valence-electron chi connectivity index (χ1n) is 7.20. The van der Waals surface area contributed by atoms with Crippen LogP contribution in [0.3, 0.4) is 0 Å². The van der Waals surface area contributed by atoms with Crippen LogP contribution in [0.25, 0.3) is 34.3 Å². The summed E-state index contributed by atoms with van der Waals surface area (Å²) in [7, 11) is 0. The molecule has 7 heteroatoms. The summed E-state index contributed by atoms with van der Waals surface area (Å²) in [5.41, 5.74) is 2.48. The molecule has 0 unspecified atom stereocenters. The Morgan fingerprint density at radius 3 is 1.88 bits per heavy atom. The fraction of sp³-hybridized carbons (Fsp3) is 0.0588. The molecule has 0 spiro atoms. The van der Waals surface area contributed by atoms with Crippen LogP contribution >= 0.6 is 11.6 Å². The summed E-state index contributed by atoms with van der Waals surface area (Å²) in [4.78, 5) is 8.61. The number of benzene rings is 2. The van der Waals surface area contributed by atoms with Crippen molar-refractivity contribution >= 4 is 11.6 Å². The van der Waals surface area contributed by atoms with Gasteiger partial charge in [0.1, 0.15) is 0 Å². The third kappa shape index (κ3) is 2.79. The average Bonchev–Trinajstić information content (AvgIpc) is 3.25. The molecule has 2 heterocycles. The standard InChI is InChI=1S/C17H11ClN4O2/c1-10-19-16(23-21-10)12-4-2-11(3-5-12)15-20-17(24-22-15)13-6-8-14(18)9-7-13/h2-9H,1H3. The molecule has 24 heavy (non-hydrogen) atoms. The van der Waals surface area contributed by atoms with E-state index in [1.54, 1.807) is 19.1 Å². The SMILES string of the molecule is Cc1noc(-c2ccc(-c3noc(-c4ccc(Cl)cc4)n3)cc2)n1. The Labute approximate surface area is 142 Å². The molecule has 0 fully saturated rings. The van der Waals surface area contributed by atoms with Gasteiger partial charge in [-0.05, 0) is 43.3 Å². The molecule has 0 saturated carbocycles. The van der Waals surface area contributed by atoms with Crippen molar-refractivity contribution in [1.82, 2.24) is 20.3 Å². The van der Waals surface area contributed by atoms with E-state index < -0.39 is 0 Å². The van der Waals surface area contributed by atoms with Crippen LogP contribution in [0.5, 0.6) is 0 Å². The van der Waals surface area contributed by atoms with E-state index >= 15 is 0 Å². The Morgan fingerprint density at radius 1 is 0.708 bits per heavy atom. The summed E-state index contributed by atoms with van der Waals surface area (Å²) >= 11 is 5.88. The first-order valence-corrected chi connectivity index (χ1v) is 7.57. The Kier molecular flexibility index (Phi) is 3.59. The second-order valence-corrected chi connectivity index (χ2v) is 5.59. The second-order valence-electron chi connectivity index (χ2n) is 5.15. The zero-order valence-electron chi connectivity index (χ0n) is 12.6. The number of nitrogens with zero attached hydrogens (tertiary/aromatic N) is 4. The summed E-state index contributed by atoms with van der Waals surface area (Å²) in [5.74, 6) is 2.03. The molecule has 4 aromatic rings. The minimum atomic E-state index is 0.443. The van der Waals surface area contributed by atoms with Crippen molar-refractivity contribution in [3.05, 3.63) is 59.4 Å². The summed E-state index contributed by atoms with van der Waals surface area (Å²) in [6.45, 7) is 1.78. The van der Waals surface area contributed by atoms with Crippen molar-refractivity contribution < 1.29 is 9.05 Å². The van der Waals surface area contributed by atoms with Crippen LogP contribution in [-0.2, 0) is 0 Å². The van der Waals surface area contributed by atoms with Gasteiger partial charge in [0.15, 0.2) is 5.82 Å². The monoisotopic (exact) mass is 338 g/mol. The maximum absolute atomic E-state index is 5.88. The van der Waals surface area contributed by atoms with Gasteiger partial charge in [0.25, 0.3) is 11.8 Å². The van der Waals surface area contributed by atoms with Gasteiger partial charge in [-0.2, -0.15) is 9.97 Å². The fourth-order valence-corrected chi connectivity index (χ4v) is 2.35. The number of halogens is 1. The van der Waals surface area contributed by atoms with Crippen LogP contribution in [-0.4, -0.2) is 20.3 Å². The van der Waals surface area contributed by atoms with E-state index in [1.807, 2.05) is 36.4 Å². The van der Waals surface area contributed by atoms with Crippen LogP contribution in [0, 0.1) is 6.92 Å². The smallest absolute Gasteiger partial charge is 0.258 e. The van der Waals surface area contributed by atoms with E-state index in [0.717, 1.165) is 16.7 Å². The molecule has 0 N–H and O–H groups in total. The van der Waals surface area contributed by atoms with Gasteiger partial charge in [-0.15, -0.1) is 0 Å². The third-order valence-corrected chi connectivity index (χ3v) is 3.69. The van der Waals surface area contributed by atoms with E-state index in [-0.39, 0.29) is 0 Å². The lowest BCUT2D eigenvalue weighted by Gasteiger charge is -1.96. The fourth-order valence-electron chi connectivity index (χ4n) is 2.23. The van der Waals surface area contributed by atoms with E-state index in [1.165, 1.54) is 0 Å². The molecule has 118 valence electrons. The molecule has 0 saturated heterocycles. The molecule has 0 radical (unpaired) electrons. The van der Waals surface area contributed by atoms with Crippen molar-refractivity contribution in [2.75, 3.05) is 0 Å². The van der Waals surface area contributed by atoms with Gasteiger partial charge in [0, 0.05) is 21.7 Å². The molecule has 0 aliphatic carbocycles. The van der Waals surface area contributed by atoms with Crippen LogP contribution in [0.4, 0.5) is 0 Å². The van der Waals surface area contributed by atoms with Crippen molar-refractivity contribution in [3.63, 3.8) is 0 Å². The van der Waals surface area contributed by atoms with Gasteiger partial charge in [0.05, 0.1) is 0 Å². The van der Waals surface area contributed by atoms with Gasteiger partial charge in [-0.1, -0.05) is 34.0 Å². The number of aryl methyl sites for hydroxylation is 1. The molecule has 0 bridgehead atoms. The highest BCUT2D eigenvalue weighted by Gasteiger charge is 2.12. The topological polar surface area (TPSA) is 77.8 Å². The highest BCUT2D eigenvalue weighted by atomic mass is 35.5. The molecule has 2 aromatic heterocycles. The molecule has 4 rings (SSSR count). The molecule has 0 amide bonds. The molecule has 6 nitrogen and oxygen atoms in total. The van der Waals surface area contributed by atoms with Crippen molar-refractivity contribution in [3.8, 4) is 34.3 Å². The van der Waals surface area contributed by atoms with Gasteiger partial charge in [-0.3, -0.25) is 0 Å². The van der Waals surface area contributed by atoms with E-state index in [2.05, 4.69) is 20.3 Å². The quantitative estimate of drug-likeness (QED) is 0.550. The average molecular weight is 339 g/mol. The zero-order valence-corrected chi connectivity index (χ0v) is 13.4. The van der Waals surface area contributed by atoms with E-state index in [0.29, 0.717) is 28.5 Å². The zero-order chi connectivity index (χ0) is 16.5. The predicted octanol–water partition coefficient (Wildman–Crippen LogP) is 4.42. The second kappa shape index (κ2) is 5.90. The first-order chi connectivity index (χ1) is 11.7. The van der Waals surface area contributed by atoms with Crippen molar-refractivity contribution in [1.29, 1.82) is 0 Å². The summed E-state index contributed by atoms with van der Waals surface area (Å²) < 4.78 is 10.5. The molecular weight excluding hydrogens is 328 g/mol. The molecule has 0 atom stereocenters. The van der Waals surface area contributed by atoms with E-state index in [9.17, 15) is 0 Å². The lowest BCUT2D eigenvalue weighted by Crippen LogP contribution is -1.83. The predicted molar refractivity (Wildman–Crippen MR) is 88.2 cm³/mol. The van der Waals surface area contributed by atoms with Gasteiger partial charge in [-0.25, -0.2) is 0 Å². The molecule has 2 aromatic carbocycles. The largest absolute Gasteiger partial charge is 0.334 e. The van der Waals surface area contributed by atoms with Crippen molar-refractivity contribution in [2.24, 2.45) is 0 Å². The first kappa shape index (κ1) is 14.6. The summed E-state index contributed by atoms with van der Waals surface area (Å²) in [6, 6.07) is 14.7. The van der Waals surface area contributed by atoms with Gasteiger partial charge >= 0.3 is 0 Å². The summed E-state index contributed by atoms with van der Waals surface area (Å²) in [5, 5.41) is 8.46. The maximum Gasteiger partial charge on any atom is 0.258 e. The molecule has 0 aliphatic heterocycles. The minimum Gasteiger partial charge on any atom is -0.334 e. The Balaban J connectivity index is 1.61. The van der Waals surface area contributed by atoms with Crippen LogP contribution in [0.1, 0.15) is 5.82 Å². The Bertz CT molecular complexity index is 975. The van der Waals surface area contributed by atoms with E-state index in [4.69, 9.17) is 20.6 Å². The lowest BCUT2D eigenvalue weighted by atomic mass is 10.1.